The number of nitrogens with one attached hydrogen (secondary N) is 1. The van der Waals surface area contributed by atoms with Gasteiger partial charge in [0.15, 0.2) is 23.1 Å². The molecule has 0 aliphatic carbocycles. The Labute approximate surface area is 159 Å². The Bertz CT molecular complexity index is 829. The van der Waals surface area contributed by atoms with Gasteiger partial charge in [-0.15, -0.1) is 0 Å². The number of ether oxygens (including phenoxy) is 3. The van der Waals surface area contributed by atoms with E-state index in [2.05, 4.69) is 5.32 Å². The molecule has 2 aromatic carbocycles. The number of para-hydroxylation sites is 1. The molecule has 0 bridgehead atoms. The van der Waals surface area contributed by atoms with E-state index in [1.54, 1.807) is 30.3 Å². The third-order valence-electron chi connectivity index (χ3n) is 3.73. The zero-order chi connectivity index (χ0) is 19.1. The second-order valence-corrected chi connectivity index (χ2v) is 7.40. The second kappa shape index (κ2) is 9.36. The SMILES string of the molecule is O=C(C[S@@](=O)CCOc1ccccc1F)Nc1ccc2c(c1)OCCCO2. The minimum absolute atomic E-state index is 0.0604. The maximum Gasteiger partial charge on any atom is 0.236 e. The van der Waals surface area contributed by atoms with E-state index >= 15 is 0 Å². The first-order valence-corrected chi connectivity index (χ1v) is 10.0. The van der Waals surface area contributed by atoms with Crippen LogP contribution in [0.4, 0.5) is 10.1 Å². The number of hydrogen-bond donors (Lipinski definition) is 1. The van der Waals surface area contributed by atoms with Crippen molar-refractivity contribution in [1.82, 2.24) is 0 Å². The Hall–Kier alpha value is -2.61. The summed E-state index contributed by atoms with van der Waals surface area (Å²) < 4.78 is 41.8. The lowest BCUT2D eigenvalue weighted by molar-refractivity contribution is -0.113. The van der Waals surface area contributed by atoms with Crippen LogP contribution in [0, 0.1) is 5.82 Å². The van der Waals surface area contributed by atoms with Gasteiger partial charge in [-0.1, -0.05) is 12.1 Å². The van der Waals surface area contributed by atoms with Gasteiger partial charge in [0.1, 0.15) is 5.75 Å². The monoisotopic (exact) mass is 393 g/mol. The molecule has 2 aromatic rings. The number of anilines is 1. The van der Waals surface area contributed by atoms with Crippen molar-refractivity contribution in [3.8, 4) is 17.2 Å². The maximum absolute atomic E-state index is 13.4. The molecule has 0 radical (unpaired) electrons. The minimum atomic E-state index is -1.42. The molecule has 27 heavy (non-hydrogen) atoms. The molecule has 0 saturated heterocycles. The number of amides is 1. The van der Waals surface area contributed by atoms with Gasteiger partial charge in [-0.05, 0) is 24.3 Å². The van der Waals surface area contributed by atoms with Crippen molar-refractivity contribution in [2.24, 2.45) is 0 Å². The summed E-state index contributed by atoms with van der Waals surface area (Å²) in [5.41, 5.74) is 0.545. The zero-order valence-electron chi connectivity index (χ0n) is 14.6. The summed E-state index contributed by atoms with van der Waals surface area (Å²) in [4.78, 5) is 12.1. The van der Waals surface area contributed by atoms with E-state index < -0.39 is 16.6 Å². The average molecular weight is 393 g/mol. The Morgan fingerprint density at radius 1 is 1.15 bits per heavy atom. The fourth-order valence-electron chi connectivity index (χ4n) is 2.46. The van der Waals surface area contributed by atoms with Crippen LogP contribution >= 0.6 is 0 Å². The lowest BCUT2D eigenvalue weighted by Crippen LogP contribution is -2.22. The molecule has 1 N–H and O–H groups in total. The van der Waals surface area contributed by atoms with Gasteiger partial charge in [0, 0.05) is 29.0 Å². The molecular formula is C19H20FNO5S. The number of halogens is 1. The zero-order valence-corrected chi connectivity index (χ0v) is 15.4. The Morgan fingerprint density at radius 3 is 2.74 bits per heavy atom. The number of benzene rings is 2. The van der Waals surface area contributed by atoms with Crippen molar-refractivity contribution >= 4 is 22.4 Å². The first kappa shape index (κ1) is 19.2. The van der Waals surface area contributed by atoms with E-state index in [-0.39, 0.29) is 29.8 Å². The highest BCUT2D eigenvalue weighted by atomic mass is 32.2. The van der Waals surface area contributed by atoms with Crippen molar-refractivity contribution in [3.63, 3.8) is 0 Å². The molecular weight excluding hydrogens is 373 g/mol. The van der Waals surface area contributed by atoms with Gasteiger partial charge >= 0.3 is 0 Å². The molecule has 0 saturated carbocycles. The van der Waals surface area contributed by atoms with E-state index in [1.165, 1.54) is 12.1 Å². The van der Waals surface area contributed by atoms with Crippen LogP contribution in [-0.2, 0) is 15.6 Å². The average Bonchev–Trinajstić information content (AvgIpc) is 2.88. The number of fused-ring (bicyclic) bond motifs is 1. The molecule has 1 amide bonds. The highest BCUT2D eigenvalue weighted by molar-refractivity contribution is 7.85. The predicted molar refractivity (Wildman–Crippen MR) is 100 cm³/mol. The van der Waals surface area contributed by atoms with Crippen LogP contribution in [0.2, 0.25) is 0 Å². The van der Waals surface area contributed by atoms with Gasteiger partial charge in [-0.25, -0.2) is 4.39 Å². The molecule has 0 unspecified atom stereocenters. The molecule has 0 spiro atoms. The quantitative estimate of drug-likeness (QED) is 0.783. The molecule has 0 fully saturated rings. The fraction of sp³-hybridized carbons (Fsp3) is 0.316. The van der Waals surface area contributed by atoms with Gasteiger partial charge in [0.2, 0.25) is 5.91 Å². The van der Waals surface area contributed by atoms with Crippen LogP contribution in [0.15, 0.2) is 42.5 Å². The molecule has 6 nitrogen and oxygen atoms in total. The lowest BCUT2D eigenvalue weighted by Gasteiger charge is -2.10. The predicted octanol–water partition coefficient (Wildman–Crippen LogP) is 2.75. The minimum Gasteiger partial charge on any atom is -0.490 e. The molecule has 1 aliphatic heterocycles. The van der Waals surface area contributed by atoms with E-state index in [1.807, 2.05) is 0 Å². The summed E-state index contributed by atoms with van der Waals surface area (Å²) in [5, 5.41) is 2.69. The summed E-state index contributed by atoms with van der Waals surface area (Å²) in [6.07, 6.45) is 0.796. The van der Waals surface area contributed by atoms with Crippen molar-refractivity contribution in [1.29, 1.82) is 0 Å². The van der Waals surface area contributed by atoms with Crippen molar-refractivity contribution in [3.05, 3.63) is 48.3 Å². The van der Waals surface area contributed by atoms with Crippen LogP contribution in [0.5, 0.6) is 17.2 Å². The first-order valence-electron chi connectivity index (χ1n) is 8.53. The topological polar surface area (TPSA) is 73.9 Å². The number of hydrogen-bond acceptors (Lipinski definition) is 5. The lowest BCUT2D eigenvalue weighted by atomic mass is 10.2. The second-order valence-electron chi connectivity index (χ2n) is 5.83. The summed E-state index contributed by atoms with van der Waals surface area (Å²) in [6, 6.07) is 11.1. The van der Waals surface area contributed by atoms with Crippen molar-refractivity contribution in [2.45, 2.75) is 6.42 Å². The van der Waals surface area contributed by atoms with Crippen molar-refractivity contribution in [2.75, 3.05) is 36.6 Å². The third-order valence-corrected chi connectivity index (χ3v) is 4.93. The third kappa shape index (κ3) is 5.68. The van der Waals surface area contributed by atoms with Gasteiger partial charge < -0.3 is 19.5 Å². The Morgan fingerprint density at radius 2 is 1.93 bits per heavy atom. The van der Waals surface area contributed by atoms with Crippen LogP contribution in [0.25, 0.3) is 0 Å². The van der Waals surface area contributed by atoms with Crippen LogP contribution < -0.4 is 19.5 Å². The largest absolute Gasteiger partial charge is 0.490 e. The van der Waals surface area contributed by atoms with Crippen LogP contribution in [0.3, 0.4) is 0 Å². The molecule has 1 atom stereocenters. The molecule has 0 aromatic heterocycles. The normalized spacial score (nSPS) is 14.1. The Balaban J connectivity index is 1.45. The molecule has 144 valence electrons. The number of carbonyl (C=O) groups is 1. The summed E-state index contributed by atoms with van der Waals surface area (Å²) in [6.45, 7) is 1.20. The van der Waals surface area contributed by atoms with Gasteiger partial charge in [-0.2, -0.15) is 0 Å². The number of carbonyl (C=O) groups excluding carboxylic acids is 1. The van der Waals surface area contributed by atoms with Gasteiger partial charge in [-0.3, -0.25) is 9.00 Å². The van der Waals surface area contributed by atoms with Crippen molar-refractivity contribution < 1.29 is 27.6 Å². The number of rotatable bonds is 7. The summed E-state index contributed by atoms with van der Waals surface area (Å²) in [7, 11) is -1.42. The van der Waals surface area contributed by atoms with E-state index in [4.69, 9.17) is 14.2 Å². The highest BCUT2D eigenvalue weighted by Gasteiger charge is 2.13. The van der Waals surface area contributed by atoms with Crippen LogP contribution in [0.1, 0.15) is 6.42 Å². The Kier molecular flexibility index (Phi) is 6.64. The standard InChI is InChI=1S/C19H20FNO5S/c20-15-4-1-2-5-16(15)26-10-11-27(23)13-19(22)21-14-6-7-17-18(12-14)25-9-3-8-24-17/h1-2,4-7,12H,3,8-11,13H2,(H,21,22)/t27-/m0/s1. The van der Waals surface area contributed by atoms with Crippen LogP contribution in [-0.4, -0.2) is 41.4 Å². The van der Waals surface area contributed by atoms with E-state index in [0.717, 1.165) is 6.42 Å². The van der Waals surface area contributed by atoms with E-state index in [9.17, 15) is 13.4 Å². The summed E-state index contributed by atoms with van der Waals surface area (Å²) in [5.74, 6) is 0.414. The molecule has 1 aliphatic rings. The highest BCUT2D eigenvalue weighted by Crippen LogP contribution is 2.32. The first-order chi connectivity index (χ1) is 13.1. The summed E-state index contributed by atoms with van der Waals surface area (Å²) >= 11 is 0. The smallest absolute Gasteiger partial charge is 0.236 e. The maximum atomic E-state index is 13.4. The molecule has 8 heteroatoms. The molecule has 1 heterocycles. The fourth-order valence-corrected chi connectivity index (χ4v) is 3.24. The van der Waals surface area contributed by atoms with E-state index in [0.29, 0.717) is 30.4 Å². The van der Waals surface area contributed by atoms with Gasteiger partial charge in [0.05, 0.1) is 25.6 Å². The molecule has 3 rings (SSSR count). The van der Waals surface area contributed by atoms with Gasteiger partial charge in [0.25, 0.3) is 0 Å².